The van der Waals surface area contributed by atoms with Crippen molar-refractivity contribution < 1.29 is 4.79 Å². The van der Waals surface area contributed by atoms with E-state index in [1.807, 2.05) is 12.3 Å². The summed E-state index contributed by atoms with van der Waals surface area (Å²) in [4.78, 5) is 11.0. The quantitative estimate of drug-likeness (QED) is 0.674. The van der Waals surface area contributed by atoms with Crippen molar-refractivity contribution in [3.8, 4) is 0 Å². The topological polar surface area (TPSA) is 46.9 Å². The van der Waals surface area contributed by atoms with Gasteiger partial charge in [0.05, 0.1) is 6.54 Å². The van der Waals surface area contributed by atoms with E-state index in [0.29, 0.717) is 19.5 Å². The summed E-state index contributed by atoms with van der Waals surface area (Å²) in [5, 5.41) is 6.81. The number of hydrogen-bond donors (Lipinski definition) is 1. The molecule has 1 aromatic heterocycles. The number of carbonyl (C=O) groups excluding carboxylic acids is 1. The minimum atomic E-state index is 0.216. The van der Waals surface area contributed by atoms with E-state index < -0.39 is 0 Å². The van der Waals surface area contributed by atoms with Gasteiger partial charge < -0.3 is 5.32 Å². The second-order valence-electron chi connectivity index (χ2n) is 2.59. The smallest absolute Gasteiger partial charge is 0.148 e. The highest BCUT2D eigenvalue weighted by Crippen LogP contribution is 1.89. The van der Waals surface area contributed by atoms with E-state index in [0.717, 1.165) is 0 Å². The number of rotatable bonds is 5. The Morgan fingerprint density at radius 3 is 3.08 bits per heavy atom. The number of hydrogen-bond acceptors (Lipinski definition) is 3. The van der Waals surface area contributed by atoms with Gasteiger partial charge in [-0.2, -0.15) is 5.10 Å². The Balaban J connectivity index is 2.22. The van der Waals surface area contributed by atoms with E-state index in [2.05, 4.69) is 10.4 Å². The molecule has 1 aromatic rings. The number of nitrogens with one attached hydrogen (secondary N) is 1. The Morgan fingerprint density at radius 1 is 1.67 bits per heavy atom. The van der Waals surface area contributed by atoms with Gasteiger partial charge in [-0.1, -0.05) is 0 Å². The van der Waals surface area contributed by atoms with Crippen LogP contribution in [0.15, 0.2) is 18.5 Å². The molecule has 0 atom stereocenters. The number of ketones is 1. The number of Topliss-reactive ketones (excluding diaryl/α,β-unsaturated/α-hetero) is 1. The van der Waals surface area contributed by atoms with E-state index in [1.54, 1.807) is 17.9 Å². The molecule has 0 spiro atoms. The Labute approximate surface area is 71.6 Å². The summed E-state index contributed by atoms with van der Waals surface area (Å²) in [7, 11) is 1.77. The van der Waals surface area contributed by atoms with Crippen molar-refractivity contribution in [1.29, 1.82) is 0 Å². The molecule has 1 N–H and O–H groups in total. The lowest BCUT2D eigenvalue weighted by atomic mass is 10.3. The molecule has 4 heteroatoms. The zero-order valence-electron chi connectivity index (χ0n) is 7.16. The van der Waals surface area contributed by atoms with Crippen molar-refractivity contribution in [2.24, 2.45) is 0 Å². The molecule has 0 aliphatic carbocycles. The van der Waals surface area contributed by atoms with Crippen LogP contribution < -0.4 is 5.32 Å². The standard InChI is InChI=1S/C8H13N3O/c1-9-7-8(12)3-6-11-5-2-4-10-11/h2,4-5,9H,3,6-7H2,1H3. The van der Waals surface area contributed by atoms with Crippen molar-refractivity contribution in [3.05, 3.63) is 18.5 Å². The van der Waals surface area contributed by atoms with Crippen LogP contribution in [0.1, 0.15) is 6.42 Å². The largest absolute Gasteiger partial charge is 0.313 e. The molecule has 0 saturated heterocycles. The number of aryl methyl sites for hydroxylation is 1. The number of carbonyl (C=O) groups is 1. The van der Waals surface area contributed by atoms with Gasteiger partial charge in [0.1, 0.15) is 5.78 Å². The third-order valence-corrected chi connectivity index (χ3v) is 1.55. The van der Waals surface area contributed by atoms with Crippen LogP contribution in [0.25, 0.3) is 0 Å². The average molecular weight is 167 g/mol. The zero-order chi connectivity index (χ0) is 8.81. The van der Waals surface area contributed by atoms with Crippen LogP contribution >= 0.6 is 0 Å². The van der Waals surface area contributed by atoms with Crippen LogP contribution in [0.2, 0.25) is 0 Å². The zero-order valence-corrected chi connectivity index (χ0v) is 7.16. The summed E-state index contributed by atoms with van der Waals surface area (Å²) < 4.78 is 1.76. The summed E-state index contributed by atoms with van der Waals surface area (Å²) in [6, 6.07) is 1.85. The van der Waals surface area contributed by atoms with Crippen LogP contribution in [-0.2, 0) is 11.3 Å². The van der Waals surface area contributed by atoms with Gasteiger partial charge in [-0.3, -0.25) is 9.48 Å². The first kappa shape index (κ1) is 8.93. The van der Waals surface area contributed by atoms with Crippen LogP contribution in [0.3, 0.4) is 0 Å². The van der Waals surface area contributed by atoms with Gasteiger partial charge in [0.2, 0.25) is 0 Å². The van der Waals surface area contributed by atoms with Gasteiger partial charge in [-0.15, -0.1) is 0 Å². The molecule has 1 rings (SSSR count). The van der Waals surface area contributed by atoms with Crippen molar-refractivity contribution in [1.82, 2.24) is 15.1 Å². The summed E-state index contributed by atoms with van der Waals surface area (Å²) in [5.74, 6) is 0.216. The molecule has 0 radical (unpaired) electrons. The third kappa shape index (κ3) is 2.84. The molecule has 1 heterocycles. The molecule has 0 aliphatic heterocycles. The molecule has 0 aromatic carbocycles. The second kappa shape index (κ2) is 4.66. The summed E-state index contributed by atoms with van der Waals surface area (Å²) in [6.07, 6.45) is 4.11. The monoisotopic (exact) mass is 167 g/mol. The summed E-state index contributed by atoms with van der Waals surface area (Å²) in [5.41, 5.74) is 0. The van der Waals surface area contributed by atoms with Crippen molar-refractivity contribution in [2.75, 3.05) is 13.6 Å². The van der Waals surface area contributed by atoms with Gasteiger partial charge >= 0.3 is 0 Å². The van der Waals surface area contributed by atoms with Crippen LogP contribution in [0, 0.1) is 0 Å². The molecule has 0 aliphatic rings. The van der Waals surface area contributed by atoms with E-state index in [1.165, 1.54) is 0 Å². The Kier molecular flexibility index (Phi) is 3.47. The maximum atomic E-state index is 11.0. The minimum absolute atomic E-state index is 0.216. The van der Waals surface area contributed by atoms with Gasteiger partial charge in [0.15, 0.2) is 0 Å². The van der Waals surface area contributed by atoms with Gasteiger partial charge in [-0.25, -0.2) is 0 Å². The maximum absolute atomic E-state index is 11.0. The molecule has 66 valence electrons. The fraction of sp³-hybridized carbons (Fsp3) is 0.500. The average Bonchev–Trinajstić information content (AvgIpc) is 2.53. The molecule has 0 amide bonds. The third-order valence-electron chi connectivity index (χ3n) is 1.55. The molecule has 0 saturated carbocycles. The van der Waals surface area contributed by atoms with Gasteiger partial charge in [0.25, 0.3) is 0 Å². The van der Waals surface area contributed by atoms with Gasteiger partial charge in [0, 0.05) is 25.4 Å². The van der Waals surface area contributed by atoms with Crippen molar-refractivity contribution in [3.63, 3.8) is 0 Å². The summed E-state index contributed by atoms with van der Waals surface area (Å²) in [6.45, 7) is 1.12. The SMILES string of the molecule is CNCC(=O)CCn1cccn1. The highest BCUT2D eigenvalue weighted by atomic mass is 16.1. The Morgan fingerprint density at radius 2 is 2.50 bits per heavy atom. The van der Waals surface area contributed by atoms with Crippen LogP contribution in [0.5, 0.6) is 0 Å². The predicted octanol–water partition coefficient (Wildman–Crippen LogP) is 0.0617. The van der Waals surface area contributed by atoms with E-state index in [9.17, 15) is 4.79 Å². The molecule has 0 unspecified atom stereocenters. The lowest BCUT2D eigenvalue weighted by Gasteiger charge is -1.99. The van der Waals surface area contributed by atoms with Crippen molar-refractivity contribution in [2.45, 2.75) is 13.0 Å². The molecule has 12 heavy (non-hydrogen) atoms. The van der Waals surface area contributed by atoms with Crippen LogP contribution in [-0.4, -0.2) is 29.2 Å². The lowest BCUT2D eigenvalue weighted by Crippen LogP contribution is -2.19. The van der Waals surface area contributed by atoms with Crippen LogP contribution in [0.4, 0.5) is 0 Å². The van der Waals surface area contributed by atoms with E-state index in [-0.39, 0.29) is 5.78 Å². The molecular weight excluding hydrogens is 154 g/mol. The molecular formula is C8H13N3O. The first-order valence-electron chi connectivity index (χ1n) is 3.96. The minimum Gasteiger partial charge on any atom is -0.313 e. The number of likely N-dealkylation sites (N-methyl/N-ethyl adjacent to an activating group) is 1. The highest BCUT2D eigenvalue weighted by Gasteiger charge is 1.99. The number of aromatic nitrogens is 2. The second-order valence-corrected chi connectivity index (χ2v) is 2.59. The fourth-order valence-corrected chi connectivity index (χ4v) is 0.958. The molecule has 4 nitrogen and oxygen atoms in total. The highest BCUT2D eigenvalue weighted by molar-refractivity contribution is 5.80. The predicted molar refractivity (Wildman–Crippen MR) is 45.8 cm³/mol. The van der Waals surface area contributed by atoms with E-state index >= 15 is 0 Å². The molecule has 0 bridgehead atoms. The normalized spacial score (nSPS) is 10.1. The first-order chi connectivity index (χ1) is 5.83. The molecule has 0 fully saturated rings. The number of nitrogens with zero attached hydrogens (tertiary/aromatic N) is 2. The lowest BCUT2D eigenvalue weighted by molar-refractivity contribution is -0.118. The summed E-state index contributed by atoms with van der Waals surface area (Å²) >= 11 is 0. The fourth-order valence-electron chi connectivity index (χ4n) is 0.958. The van der Waals surface area contributed by atoms with E-state index in [4.69, 9.17) is 0 Å². The Bertz CT molecular complexity index is 230. The first-order valence-corrected chi connectivity index (χ1v) is 3.96. The van der Waals surface area contributed by atoms with Gasteiger partial charge in [-0.05, 0) is 13.1 Å². The maximum Gasteiger partial charge on any atom is 0.148 e. The van der Waals surface area contributed by atoms with Crippen molar-refractivity contribution >= 4 is 5.78 Å². The Hall–Kier alpha value is -1.16.